The van der Waals surface area contributed by atoms with E-state index in [2.05, 4.69) is 4.90 Å². The highest BCUT2D eigenvalue weighted by molar-refractivity contribution is 5.85. The Kier molecular flexibility index (Phi) is 7.96. The van der Waals surface area contributed by atoms with Crippen LogP contribution < -0.4 is 5.73 Å². The number of piperidine rings is 3. The van der Waals surface area contributed by atoms with Crippen LogP contribution in [0.4, 0.5) is 0 Å². The first-order valence-corrected chi connectivity index (χ1v) is 7.90. The standard InChI is InChI=1S/C17H24N2O3.2ClH/c1-21-12-17(18,14-5-3-2-4-6-14)16(20)22-15-11-19-9-7-13(15)8-10-19;;/h2-6,13,15H,7-12,18H2,1H3;2*1H/t15-,17?;;/m0../s1. The average molecular weight is 377 g/mol. The van der Waals surface area contributed by atoms with Gasteiger partial charge in [-0.05, 0) is 37.4 Å². The predicted molar refractivity (Wildman–Crippen MR) is 97.7 cm³/mol. The number of esters is 1. The van der Waals surface area contributed by atoms with Gasteiger partial charge in [0, 0.05) is 13.7 Å². The molecule has 2 bridgehead atoms. The summed E-state index contributed by atoms with van der Waals surface area (Å²) in [4.78, 5) is 15.1. The summed E-state index contributed by atoms with van der Waals surface area (Å²) in [6.07, 6.45) is 2.16. The molecule has 0 radical (unpaired) electrons. The van der Waals surface area contributed by atoms with E-state index >= 15 is 0 Å². The smallest absolute Gasteiger partial charge is 0.333 e. The molecule has 0 aromatic heterocycles. The molecular formula is C17H26Cl2N2O3. The molecule has 3 saturated heterocycles. The maximum absolute atomic E-state index is 12.8. The molecule has 0 amide bonds. The number of fused-ring (bicyclic) bond motifs is 3. The van der Waals surface area contributed by atoms with Crippen molar-refractivity contribution < 1.29 is 14.3 Å². The Hall–Kier alpha value is -0.850. The summed E-state index contributed by atoms with van der Waals surface area (Å²) >= 11 is 0. The molecular weight excluding hydrogens is 351 g/mol. The number of carbonyl (C=O) groups is 1. The molecule has 3 aliphatic rings. The van der Waals surface area contributed by atoms with Crippen molar-refractivity contribution in [3.05, 3.63) is 35.9 Å². The molecule has 3 aliphatic heterocycles. The fourth-order valence-corrected chi connectivity index (χ4v) is 3.51. The first-order valence-electron chi connectivity index (χ1n) is 7.90. The second kappa shape index (κ2) is 9.02. The van der Waals surface area contributed by atoms with Crippen molar-refractivity contribution >= 4 is 30.8 Å². The Morgan fingerprint density at radius 2 is 1.88 bits per heavy atom. The summed E-state index contributed by atoms with van der Waals surface area (Å²) in [5.41, 5.74) is 5.85. The van der Waals surface area contributed by atoms with Crippen molar-refractivity contribution in [3.8, 4) is 0 Å². The number of hydrogen-bond donors (Lipinski definition) is 1. The topological polar surface area (TPSA) is 64.8 Å². The van der Waals surface area contributed by atoms with Gasteiger partial charge in [0.05, 0.1) is 6.61 Å². The van der Waals surface area contributed by atoms with Crippen LogP contribution in [-0.2, 0) is 19.8 Å². The third-order valence-corrected chi connectivity index (χ3v) is 4.88. The molecule has 0 aliphatic carbocycles. The van der Waals surface area contributed by atoms with Crippen LogP contribution >= 0.6 is 24.8 Å². The van der Waals surface area contributed by atoms with E-state index in [1.165, 1.54) is 0 Å². The van der Waals surface area contributed by atoms with Gasteiger partial charge in [0.15, 0.2) is 5.54 Å². The molecule has 2 atom stereocenters. The number of nitrogens with two attached hydrogens (primary N) is 1. The third kappa shape index (κ3) is 4.21. The monoisotopic (exact) mass is 376 g/mol. The first-order chi connectivity index (χ1) is 10.6. The fraction of sp³-hybridized carbons (Fsp3) is 0.588. The Bertz CT molecular complexity index is 524. The van der Waals surface area contributed by atoms with Crippen LogP contribution in [0.2, 0.25) is 0 Å². The third-order valence-electron chi connectivity index (χ3n) is 4.88. The van der Waals surface area contributed by atoms with Crippen molar-refractivity contribution in [3.63, 3.8) is 0 Å². The summed E-state index contributed by atoms with van der Waals surface area (Å²) in [5, 5.41) is 0. The molecule has 1 aromatic rings. The fourth-order valence-electron chi connectivity index (χ4n) is 3.51. The Morgan fingerprint density at radius 1 is 1.25 bits per heavy atom. The number of rotatable bonds is 5. The van der Waals surface area contributed by atoms with Gasteiger partial charge in [0.25, 0.3) is 0 Å². The molecule has 136 valence electrons. The second-order valence-electron chi connectivity index (χ2n) is 6.35. The van der Waals surface area contributed by atoms with Crippen LogP contribution in [0.25, 0.3) is 0 Å². The lowest BCUT2D eigenvalue weighted by molar-refractivity contribution is -0.168. The van der Waals surface area contributed by atoms with E-state index in [0.717, 1.165) is 38.0 Å². The van der Waals surface area contributed by atoms with Crippen molar-refractivity contribution in [1.82, 2.24) is 4.90 Å². The summed E-state index contributed by atoms with van der Waals surface area (Å²) in [6, 6.07) is 9.32. The number of carbonyl (C=O) groups excluding carboxylic acids is 1. The maximum atomic E-state index is 12.8. The quantitative estimate of drug-likeness (QED) is 0.795. The van der Waals surface area contributed by atoms with Crippen molar-refractivity contribution in [1.29, 1.82) is 0 Å². The zero-order valence-corrected chi connectivity index (χ0v) is 15.5. The molecule has 3 fully saturated rings. The first kappa shape index (κ1) is 21.2. The number of benzene rings is 1. The molecule has 1 aromatic carbocycles. The largest absolute Gasteiger partial charge is 0.459 e. The van der Waals surface area contributed by atoms with Crippen LogP contribution in [-0.4, -0.2) is 50.3 Å². The van der Waals surface area contributed by atoms with Crippen molar-refractivity contribution in [2.45, 2.75) is 24.5 Å². The SMILES string of the molecule is COCC(N)(C(=O)O[C@H]1CN2CCC1CC2)c1ccccc1.Cl.Cl. The van der Waals surface area contributed by atoms with Gasteiger partial charge in [-0.2, -0.15) is 0 Å². The van der Waals surface area contributed by atoms with Gasteiger partial charge in [-0.15, -0.1) is 24.8 Å². The lowest BCUT2D eigenvalue weighted by Crippen LogP contribution is -2.56. The van der Waals surface area contributed by atoms with Crippen LogP contribution in [0.5, 0.6) is 0 Å². The molecule has 4 rings (SSSR count). The van der Waals surface area contributed by atoms with E-state index < -0.39 is 5.54 Å². The second-order valence-corrected chi connectivity index (χ2v) is 6.35. The predicted octanol–water partition coefficient (Wildman–Crippen LogP) is 1.97. The minimum atomic E-state index is -1.25. The molecule has 5 nitrogen and oxygen atoms in total. The van der Waals surface area contributed by atoms with E-state index in [-0.39, 0.29) is 43.5 Å². The lowest BCUT2D eigenvalue weighted by Gasteiger charge is -2.44. The lowest BCUT2D eigenvalue weighted by atomic mass is 9.85. The summed E-state index contributed by atoms with van der Waals surface area (Å²) < 4.78 is 11.0. The van der Waals surface area contributed by atoms with Gasteiger partial charge in [0.2, 0.25) is 0 Å². The van der Waals surface area contributed by atoms with Crippen LogP contribution in [0.1, 0.15) is 18.4 Å². The van der Waals surface area contributed by atoms with Gasteiger partial charge < -0.3 is 15.2 Å². The molecule has 1 unspecified atom stereocenters. The van der Waals surface area contributed by atoms with Crippen molar-refractivity contribution in [2.75, 3.05) is 33.4 Å². The Labute approximate surface area is 155 Å². The van der Waals surface area contributed by atoms with Crippen LogP contribution in [0, 0.1) is 5.92 Å². The number of ether oxygens (including phenoxy) is 2. The number of hydrogen-bond acceptors (Lipinski definition) is 5. The van der Waals surface area contributed by atoms with Crippen LogP contribution in [0.15, 0.2) is 30.3 Å². The molecule has 2 N–H and O–H groups in total. The van der Waals surface area contributed by atoms with Crippen molar-refractivity contribution in [2.24, 2.45) is 11.7 Å². The molecule has 24 heavy (non-hydrogen) atoms. The highest BCUT2D eigenvalue weighted by Crippen LogP contribution is 2.31. The molecule has 0 saturated carbocycles. The minimum Gasteiger partial charge on any atom is -0.459 e. The van der Waals surface area contributed by atoms with Crippen LogP contribution in [0.3, 0.4) is 0 Å². The van der Waals surface area contributed by atoms with Gasteiger partial charge in [-0.3, -0.25) is 4.90 Å². The maximum Gasteiger partial charge on any atom is 0.333 e. The molecule has 7 heteroatoms. The Balaban J connectivity index is 0.00000144. The zero-order chi connectivity index (χ0) is 15.6. The summed E-state index contributed by atoms with van der Waals surface area (Å²) in [6.45, 7) is 3.16. The van der Waals surface area contributed by atoms with Gasteiger partial charge >= 0.3 is 5.97 Å². The van der Waals surface area contributed by atoms with Gasteiger partial charge in [-0.25, -0.2) is 4.79 Å². The number of nitrogens with zero attached hydrogens (tertiary/aromatic N) is 1. The normalized spacial score (nSPS) is 27.3. The van der Waals surface area contributed by atoms with E-state index in [9.17, 15) is 4.79 Å². The molecule has 3 heterocycles. The van der Waals surface area contributed by atoms with E-state index in [1.807, 2.05) is 30.3 Å². The number of halogens is 2. The summed E-state index contributed by atoms with van der Waals surface area (Å²) in [5.74, 6) is 0.0795. The van der Waals surface area contributed by atoms with Gasteiger partial charge in [-0.1, -0.05) is 30.3 Å². The number of methoxy groups -OCH3 is 1. The highest BCUT2D eigenvalue weighted by atomic mass is 35.5. The zero-order valence-electron chi connectivity index (χ0n) is 13.8. The molecule has 0 spiro atoms. The van der Waals surface area contributed by atoms with E-state index in [0.29, 0.717) is 5.92 Å². The minimum absolute atomic E-state index is 0. The van der Waals surface area contributed by atoms with E-state index in [1.54, 1.807) is 7.11 Å². The average Bonchev–Trinajstić information content (AvgIpc) is 2.57. The van der Waals surface area contributed by atoms with E-state index in [4.69, 9.17) is 15.2 Å². The summed E-state index contributed by atoms with van der Waals surface area (Å²) in [7, 11) is 1.55. The van der Waals surface area contributed by atoms with Gasteiger partial charge in [0.1, 0.15) is 6.10 Å². The highest BCUT2D eigenvalue weighted by Gasteiger charge is 2.43. The Morgan fingerprint density at radius 3 is 2.38 bits per heavy atom.